The highest BCUT2D eigenvalue weighted by molar-refractivity contribution is 5.87. The average Bonchev–Trinajstić information content (AvgIpc) is 2.57. The molecule has 118 valence electrons. The number of nitrogens with one attached hydrogen (secondary N) is 1. The van der Waals surface area contributed by atoms with Crippen LogP contribution in [-0.4, -0.2) is 18.2 Å². The Hall–Kier alpha value is -2.75. The van der Waals surface area contributed by atoms with Crippen molar-refractivity contribution in [3.63, 3.8) is 0 Å². The normalized spacial score (nSPS) is 10.5. The summed E-state index contributed by atoms with van der Waals surface area (Å²) in [6, 6.07) is 16.0. The van der Waals surface area contributed by atoms with Crippen molar-refractivity contribution in [3.8, 4) is 11.5 Å². The number of benzene rings is 2. The Morgan fingerprint density at radius 1 is 0.870 bits per heavy atom. The highest BCUT2D eigenvalue weighted by Crippen LogP contribution is 2.33. The van der Waals surface area contributed by atoms with Gasteiger partial charge in [0.05, 0.1) is 13.2 Å². The molecule has 0 unspecified atom stereocenters. The van der Waals surface area contributed by atoms with Gasteiger partial charge in [0.1, 0.15) is 5.82 Å². The number of rotatable bonds is 6. The molecule has 0 saturated heterocycles. The van der Waals surface area contributed by atoms with Gasteiger partial charge in [-0.05, 0) is 49.6 Å². The Labute approximate surface area is 136 Å². The van der Waals surface area contributed by atoms with Gasteiger partial charge in [-0.2, -0.15) is 0 Å². The van der Waals surface area contributed by atoms with Gasteiger partial charge >= 0.3 is 0 Å². The first-order valence-corrected chi connectivity index (χ1v) is 7.81. The predicted molar refractivity (Wildman–Crippen MR) is 93.8 cm³/mol. The molecular weight excluding hydrogens is 288 g/mol. The van der Waals surface area contributed by atoms with Crippen LogP contribution in [0, 0.1) is 0 Å². The largest absolute Gasteiger partial charge is 0.490 e. The summed E-state index contributed by atoms with van der Waals surface area (Å²) < 4.78 is 11.3. The van der Waals surface area contributed by atoms with E-state index in [0.717, 1.165) is 33.8 Å². The van der Waals surface area contributed by atoms with Crippen molar-refractivity contribution in [3.05, 3.63) is 54.7 Å². The lowest BCUT2D eigenvalue weighted by Crippen LogP contribution is -1.99. The third-order valence-electron chi connectivity index (χ3n) is 3.43. The van der Waals surface area contributed by atoms with E-state index < -0.39 is 0 Å². The first kappa shape index (κ1) is 15.2. The predicted octanol–water partition coefficient (Wildman–Crippen LogP) is 4.78. The molecule has 0 spiro atoms. The standard InChI is InChI=1S/C19H20N2O2/c1-3-22-17-10-14-12-19(21-16-8-6-5-7-9-16)20-13-15(14)11-18(17)23-4-2/h5-13H,3-4H2,1-2H3,(H,20,21). The molecule has 0 bridgehead atoms. The number of pyridine rings is 1. The van der Waals surface area contributed by atoms with Crippen LogP contribution < -0.4 is 14.8 Å². The van der Waals surface area contributed by atoms with Crippen molar-refractivity contribution in [1.82, 2.24) is 4.98 Å². The molecule has 0 aliphatic carbocycles. The van der Waals surface area contributed by atoms with Crippen LogP contribution in [0.4, 0.5) is 11.5 Å². The van der Waals surface area contributed by atoms with Gasteiger partial charge < -0.3 is 14.8 Å². The molecule has 0 saturated carbocycles. The maximum absolute atomic E-state index is 5.69. The summed E-state index contributed by atoms with van der Waals surface area (Å²) in [4.78, 5) is 4.47. The van der Waals surface area contributed by atoms with Crippen LogP contribution in [0.2, 0.25) is 0 Å². The van der Waals surface area contributed by atoms with E-state index in [1.165, 1.54) is 0 Å². The zero-order valence-corrected chi connectivity index (χ0v) is 13.4. The Morgan fingerprint density at radius 2 is 1.52 bits per heavy atom. The number of anilines is 2. The number of hydrogen-bond acceptors (Lipinski definition) is 4. The maximum Gasteiger partial charge on any atom is 0.161 e. The summed E-state index contributed by atoms with van der Waals surface area (Å²) in [6.45, 7) is 5.14. The molecule has 0 amide bonds. The fourth-order valence-electron chi connectivity index (χ4n) is 2.43. The van der Waals surface area contributed by atoms with Gasteiger partial charge in [-0.1, -0.05) is 18.2 Å². The third-order valence-corrected chi connectivity index (χ3v) is 3.43. The zero-order valence-electron chi connectivity index (χ0n) is 13.4. The number of para-hydroxylation sites is 1. The van der Waals surface area contributed by atoms with E-state index in [0.29, 0.717) is 13.2 Å². The summed E-state index contributed by atoms with van der Waals surface area (Å²) in [6.07, 6.45) is 1.85. The summed E-state index contributed by atoms with van der Waals surface area (Å²) >= 11 is 0. The van der Waals surface area contributed by atoms with Crippen LogP contribution in [0.25, 0.3) is 10.8 Å². The summed E-state index contributed by atoms with van der Waals surface area (Å²) in [7, 11) is 0. The summed E-state index contributed by atoms with van der Waals surface area (Å²) in [5.41, 5.74) is 1.01. The molecule has 23 heavy (non-hydrogen) atoms. The van der Waals surface area contributed by atoms with E-state index in [2.05, 4.69) is 10.3 Å². The van der Waals surface area contributed by atoms with Gasteiger partial charge in [0.25, 0.3) is 0 Å². The van der Waals surface area contributed by atoms with E-state index in [-0.39, 0.29) is 0 Å². The fraction of sp³-hybridized carbons (Fsp3) is 0.211. The molecule has 1 N–H and O–H groups in total. The molecule has 4 nitrogen and oxygen atoms in total. The van der Waals surface area contributed by atoms with Crippen molar-refractivity contribution in [2.45, 2.75) is 13.8 Å². The zero-order chi connectivity index (χ0) is 16.1. The smallest absolute Gasteiger partial charge is 0.161 e. The fourth-order valence-corrected chi connectivity index (χ4v) is 2.43. The van der Waals surface area contributed by atoms with Crippen molar-refractivity contribution in [2.75, 3.05) is 18.5 Å². The molecule has 1 heterocycles. The van der Waals surface area contributed by atoms with Gasteiger partial charge in [0, 0.05) is 17.3 Å². The second kappa shape index (κ2) is 7.01. The molecule has 1 aromatic heterocycles. The lowest BCUT2D eigenvalue weighted by atomic mass is 10.1. The topological polar surface area (TPSA) is 43.4 Å². The first-order chi connectivity index (χ1) is 11.3. The van der Waals surface area contributed by atoms with Gasteiger partial charge in [-0.3, -0.25) is 0 Å². The minimum atomic E-state index is 0.603. The Bertz CT molecular complexity index is 788. The SMILES string of the molecule is CCOc1cc2cnc(Nc3ccccc3)cc2cc1OCC. The van der Waals surface area contributed by atoms with Crippen LogP contribution in [0.15, 0.2) is 54.7 Å². The van der Waals surface area contributed by atoms with Crippen LogP contribution in [0.1, 0.15) is 13.8 Å². The number of hydrogen-bond donors (Lipinski definition) is 1. The molecule has 3 rings (SSSR count). The number of fused-ring (bicyclic) bond motifs is 1. The highest BCUT2D eigenvalue weighted by Gasteiger charge is 2.08. The second-order valence-electron chi connectivity index (χ2n) is 5.07. The lowest BCUT2D eigenvalue weighted by Gasteiger charge is -2.13. The minimum Gasteiger partial charge on any atom is -0.490 e. The average molecular weight is 308 g/mol. The molecule has 3 aromatic rings. The maximum atomic E-state index is 5.69. The summed E-state index contributed by atoms with van der Waals surface area (Å²) in [5, 5.41) is 5.39. The van der Waals surface area contributed by atoms with E-state index in [1.807, 2.05) is 68.6 Å². The van der Waals surface area contributed by atoms with E-state index in [9.17, 15) is 0 Å². The van der Waals surface area contributed by atoms with Crippen LogP contribution in [-0.2, 0) is 0 Å². The first-order valence-electron chi connectivity index (χ1n) is 7.81. The quantitative estimate of drug-likeness (QED) is 0.712. The molecule has 4 heteroatoms. The summed E-state index contributed by atoms with van der Waals surface area (Å²) in [5.74, 6) is 2.32. The molecule has 0 aliphatic rings. The number of ether oxygens (including phenoxy) is 2. The van der Waals surface area contributed by atoms with E-state index >= 15 is 0 Å². The van der Waals surface area contributed by atoms with Crippen molar-refractivity contribution < 1.29 is 9.47 Å². The minimum absolute atomic E-state index is 0.603. The van der Waals surface area contributed by atoms with Gasteiger partial charge in [0.2, 0.25) is 0 Å². The van der Waals surface area contributed by atoms with E-state index in [4.69, 9.17) is 9.47 Å². The number of nitrogens with zero attached hydrogens (tertiary/aromatic N) is 1. The molecule has 2 aromatic carbocycles. The van der Waals surface area contributed by atoms with Crippen molar-refractivity contribution >= 4 is 22.3 Å². The highest BCUT2D eigenvalue weighted by atomic mass is 16.5. The van der Waals surface area contributed by atoms with Crippen molar-refractivity contribution in [2.24, 2.45) is 0 Å². The number of aromatic nitrogens is 1. The second-order valence-corrected chi connectivity index (χ2v) is 5.07. The molecule has 0 aliphatic heterocycles. The third kappa shape index (κ3) is 3.54. The van der Waals surface area contributed by atoms with Crippen LogP contribution in [0.3, 0.4) is 0 Å². The van der Waals surface area contributed by atoms with Crippen LogP contribution in [0.5, 0.6) is 11.5 Å². The van der Waals surface area contributed by atoms with Gasteiger partial charge in [-0.15, -0.1) is 0 Å². The molecule has 0 atom stereocenters. The van der Waals surface area contributed by atoms with Gasteiger partial charge in [0.15, 0.2) is 11.5 Å². The monoisotopic (exact) mass is 308 g/mol. The lowest BCUT2D eigenvalue weighted by molar-refractivity contribution is 0.288. The molecule has 0 fully saturated rings. The molecule has 0 radical (unpaired) electrons. The molecular formula is C19H20N2O2. The van der Waals surface area contributed by atoms with Crippen LogP contribution >= 0.6 is 0 Å². The Morgan fingerprint density at radius 3 is 2.17 bits per heavy atom. The van der Waals surface area contributed by atoms with E-state index in [1.54, 1.807) is 0 Å². The Kier molecular flexibility index (Phi) is 4.62. The van der Waals surface area contributed by atoms with Crippen molar-refractivity contribution in [1.29, 1.82) is 0 Å². The Balaban J connectivity index is 1.96. The van der Waals surface area contributed by atoms with Gasteiger partial charge in [-0.25, -0.2) is 4.98 Å².